The number of nitrogens with zero attached hydrogens (tertiary/aromatic N) is 3. The maximum atomic E-state index is 11.6. The zero-order valence-electron chi connectivity index (χ0n) is 10.7. The third-order valence-corrected chi connectivity index (χ3v) is 4.03. The molecule has 3 heterocycles. The number of aromatic amines is 1. The molecular formula is C10H13N4O5PS. The summed E-state index contributed by atoms with van der Waals surface area (Å²) < 4.78 is 22.9. The standard InChI is InChI=1S/C10H13N4O5PS/c15-10-9-11-3-7(14(9)13-5-12-10)8-2-1-6(19-8)4-18-20(16,17)21/h3,5-6,8H,1-2,4H2,(H,12,13,15)(H2,16,17,21)/t6-,8+/m0/s1. The number of thiol groups is 1. The van der Waals surface area contributed by atoms with Crippen molar-refractivity contribution in [2.75, 3.05) is 6.61 Å². The molecule has 2 N–H and O–H groups in total. The molecule has 0 aromatic carbocycles. The Morgan fingerprint density at radius 3 is 3.19 bits per heavy atom. The smallest absolute Gasteiger partial charge is 0.366 e. The molecule has 0 aliphatic carbocycles. The predicted molar refractivity (Wildman–Crippen MR) is 75.2 cm³/mol. The van der Waals surface area contributed by atoms with Crippen molar-refractivity contribution in [1.29, 1.82) is 0 Å². The Hall–Kier alpha value is -1.19. The van der Waals surface area contributed by atoms with E-state index in [4.69, 9.17) is 14.2 Å². The predicted octanol–water partition coefficient (Wildman–Crippen LogP) is 0.684. The van der Waals surface area contributed by atoms with Gasteiger partial charge in [0.15, 0.2) is 0 Å². The van der Waals surface area contributed by atoms with Crippen molar-refractivity contribution in [3.63, 3.8) is 0 Å². The van der Waals surface area contributed by atoms with Crippen LogP contribution in [0.15, 0.2) is 17.3 Å². The van der Waals surface area contributed by atoms with Crippen molar-refractivity contribution < 1.29 is 18.7 Å². The van der Waals surface area contributed by atoms with Crippen molar-refractivity contribution in [3.05, 3.63) is 28.6 Å². The first-order valence-electron chi connectivity index (χ1n) is 6.21. The van der Waals surface area contributed by atoms with Crippen LogP contribution in [0, 0.1) is 0 Å². The highest BCUT2D eigenvalue weighted by Crippen LogP contribution is 2.47. The van der Waals surface area contributed by atoms with Crippen molar-refractivity contribution >= 4 is 24.7 Å². The third kappa shape index (κ3) is 3.19. The van der Waals surface area contributed by atoms with Gasteiger partial charge in [-0.05, 0) is 12.8 Å². The van der Waals surface area contributed by atoms with E-state index >= 15 is 0 Å². The molecule has 11 heteroatoms. The summed E-state index contributed by atoms with van der Waals surface area (Å²) in [5.41, 5.74) is 0.535. The normalized spacial score (nSPS) is 25.2. The number of H-pyrrole nitrogens is 1. The van der Waals surface area contributed by atoms with Crippen LogP contribution >= 0.6 is 19.0 Å². The van der Waals surface area contributed by atoms with Gasteiger partial charge in [0.1, 0.15) is 12.4 Å². The monoisotopic (exact) mass is 332 g/mol. The summed E-state index contributed by atoms with van der Waals surface area (Å²) in [6.45, 7) is -3.82. The Balaban J connectivity index is 1.75. The van der Waals surface area contributed by atoms with Gasteiger partial charge in [-0.3, -0.25) is 9.32 Å². The quantitative estimate of drug-likeness (QED) is 0.556. The number of nitrogens with one attached hydrogen (secondary N) is 1. The number of imidazole rings is 1. The Morgan fingerprint density at radius 2 is 2.43 bits per heavy atom. The first-order valence-corrected chi connectivity index (χ1v) is 8.94. The fourth-order valence-corrected chi connectivity index (χ4v) is 2.85. The molecule has 21 heavy (non-hydrogen) atoms. The fourth-order valence-electron chi connectivity index (χ4n) is 2.29. The van der Waals surface area contributed by atoms with Crippen molar-refractivity contribution in [3.8, 4) is 0 Å². The SMILES string of the molecule is O=c1[nH]cnn2c([C@H]3CC[C@@H](COP(=O)(O)S)O3)cnc12. The number of fused-ring (bicyclic) bond motifs is 1. The molecule has 1 fully saturated rings. The average Bonchev–Trinajstić information content (AvgIpc) is 3.02. The van der Waals surface area contributed by atoms with Crippen molar-refractivity contribution in [2.24, 2.45) is 0 Å². The fraction of sp³-hybridized carbons (Fsp3) is 0.500. The van der Waals surface area contributed by atoms with Gasteiger partial charge in [-0.2, -0.15) is 5.10 Å². The van der Waals surface area contributed by atoms with Gasteiger partial charge in [0.05, 0.1) is 24.6 Å². The minimum Gasteiger partial charge on any atom is -0.366 e. The Bertz CT molecular complexity index is 755. The second-order valence-corrected chi connectivity index (χ2v) is 7.40. The van der Waals surface area contributed by atoms with Crippen LogP contribution in [0.5, 0.6) is 0 Å². The summed E-state index contributed by atoms with van der Waals surface area (Å²) in [6.07, 6.45) is 3.57. The lowest BCUT2D eigenvalue weighted by Crippen LogP contribution is -2.15. The van der Waals surface area contributed by atoms with Gasteiger partial charge < -0.3 is 14.6 Å². The van der Waals surface area contributed by atoms with E-state index in [0.717, 1.165) is 0 Å². The average molecular weight is 332 g/mol. The van der Waals surface area contributed by atoms with Crippen LogP contribution in [0.1, 0.15) is 24.6 Å². The van der Waals surface area contributed by atoms with E-state index in [2.05, 4.69) is 27.3 Å². The van der Waals surface area contributed by atoms with Crippen LogP contribution in [0.4, 0.5) is 0 Å². The second-order valence-electron chi connectivity index (χ2n) is 4.65. The molecule has 0 radical (unpaired) electrons. The summed E-state index contributed by atoms with van der Waals surface area (Å²) in [4.78, 5) is 27.0. The third-order valence-electron chi connectivity index (χ3n) is 3.20. The molecule has 0 saturated carbocycles. The van der Waals surface area contributed by atoms with E-state index < -0.39 is 6.80 Å². The van der Waals surface area contributed by atoms with Crippen LogP contribution in [-0.2, 0) is 13.8 Å². The van der Waals surface area contributed by atoms with Gasteiger partial charge in [0.25, 0.3) is 5.56 Å². The number of ether oxygens (including phenoxy) is 1. The molecule has 1 aliphatic rings. The minimum absolute atomic E-state index is 0.0154. The molecule has 3 atom stereocenters. The molecule has 1 unspecified atom stereocenters. The van der Waals surface area contributed by atoms with Crippen LogP contribution < -0.4 is 5.56 Å². The summed E-state index contributed by atoms with van der Waals surface area (Å²) in [5, 5.41) is 4.05. The molecule has 9 nitrogen and oxygen atoms in total. The highest BCUT2D eigenvalue weighted by molar-refractivity contribution is 8.44. The Morgan fingerprint density at radius 1 is 1.62 bits per heavy atom. The molecular weight excluding hydrogens is 319 g/mol. The summed E-state index contributed by atoms with van der Waals surface area (Å²) >= 11 is 3.44. The molecule has 2 aromatic rings. The van der Waals surface area contributed by atoms with Gasteiger partial charge in [-0.15, -0.1) is 0 Å². The highest BCUT2D eigenvalue weighted by Gasteiger charge is 2.30. The number of hydrogen-bond acceptors (Lipinski definition) is 6. The van der Waals surface area contributed by atoms with E-state index in [-0.39, 0.29) is 30.0 Å². The van der Waals surface area contributed by atoms with Crippen LogP contribution in [0.3, 0.4) is 0 Å². The lowest BCUT2D eigenvalue weighted by Gasteiger charge is -2.14. The van der Waals surface area contributed by atoms with Gasteiger partial charge >= 0.3 is 6.80 Å². The molecule has 114 valence electrons. The molecule has 3 rings (SSSR count). The molecule has 1 saturated heterocycles. The topological polar surface area (TPSA) is 119 Å². The van der Waals surface area contributed by atoms with Crippen molar-refractivity contribution in [2.45, 2.75) is 25.0 Å². The molecule has 0 amide bonds. The lowest BCUT2D eigenvalue weighted by atomic mass is 10.1. The molecule has 0 spiro atoms. The van der Waals surface area contributed by atoms with E-state index in [1.54, 1.807) is 6.20 Å². The Labute approximate surface area is 124 Å². The highest BCUT2D eigenvalue weighted by atomic mass is 32.7. The summed E-state index contributed by atoms with van der Waals surface area (Å²) in [7, 11) is 0. The summed E-state index contributed by atoms with van der Waals surface area (Å²) in [6, 6.07) is 0. The minimum atomic E-state index is -3.80. The van der Waals surface area contributed by atoms with E-state index in [0.29, 0.717) is 18.5 Å². The van der Waals surface area contributed by atoms with Crippen LogP contribution in [0.25, 0.3) is 5.65 Å². The first-order chi connectivity index (χ1) is 9.94. The van der Waals surface area contributed by atoms with Gasteiger partial charge in [-0.1, -0.05) is 12.2 Å². The number of aromatic nitrogens is 4. The zero-order chi connectivity index (χ0) is 15.0. The maximum absolute atomic E-state index is 11.6. The van der Waals surface area contributed by atoms with E-state index in [1.165, 1.54) is 10.8 Å². The lowest BCUT2D eigenvalue weighted by molar-refractivity contribution is 0.0135. The number of rotatable bonds is 4. The van der Waals surface area contributed by atoms with E-state index in [1.807, 2.05) is 0 Å². The molecule has 0 bridgehead atoms. The number of hydrogen-bond donors (Lipinski definition) is 3. The van der Waals surface area contributed by atoms with Crippen molar-refractivity contribution in [1.82, 2.24) is 19.6 Å². The maximum Gasteiger partial charge on any atom is 0.383 e. The Kier molecular flexibility index (Phi) is 3.89. The molecule has 1 aliphatic heterocycles. The second kappa shape index (κ2) is 5.54. The zero-order valence-corrected chi connectivity index (χ0v) is 12.5. The molecule has 2 aromatic heterocycles. The van der Waals surface area contributed by atoms with Crippen LogP contribution in [0.2, 0.25) is 0 Å². The summed E-state index contributed by atoms with van der Waals surface area (Å²) in [5.74, 6) is 0. The van der Waals surface area contributed by atoms with Gasteiger partial charge in [0.2, 0.25) is 5.65 Å². The largest absolute Gasteiger partial charge is 0.383 e. The van der Waals surface area contributed by atoms with Crippen LogP contribution in [-0.4, -0.2) is 37.2 Å². The van der Waals surface area contributed by atoms with Gasteiger partial charge in [-0.25, -0.2) is 14.1 Å². The van der Waals surface area contributed by atoms with Gasteiger partial charge in [0, 0.05) is 0 Å². The first kappa shape index (κ1) is 14.7. The van der Waals surface area contributed by atoms with E-state index in [9.17, 15) is 9.36 Å².